The van der Waals surface area contributed by atoms with Gasteiger partial charge < -0.3 is 71.6 Å². The van der Waals surface area contributed by atoms with Crippen molar-refractivity contribution >= 4 is 41.9 Å². The zero-order valence-electron chi connectivity index (χ0n) is 48.4. The molecule has 0 atom stereocenters. The molecule has 0 aliphatic heterocycles. The van der Waals surface area contributed by atoms with Gasteiger partial charge in [0.05, 0.1) is 0 Å². The molecule has 0 fully saturated rings. The van der Waals surface area contributed by atoms with E-state index in [0.717, 1.165) is 77.0 Å². The summed E-state index contributed by atoms with van der Waals surface area (Å²) in [5.41, 5.74) is 29.8. The first-order chi connectivity index (χ1) is 33.2. The zero-order valence-corrected chi connectivity index (χ0v) is 53.1. The smallest absolute Gasteiger partial charge is 1.00 e. The van der Waals surface area contributed by atoms with Crippen LogP contribution in [0, 0.1) is 0 Å². The molecule has 0 aromatic heterocycles. The minimum atomic E-state index is -0.737. The summed E-state index contributed by atoms with van der Waals surface area (Å²) in [5.74, 6) is -1.02. The van der Waals surface area contributed by atoms with Gasteiger partial charge in [-0.25, -0.2) is 0 Å². The van der Waals surface area contributed by atoms with Crippen LogP contribution in [0.1, 0.15) is 279 Å². The fourth-order valence-corrected chi connectivity index (χ4v) is 12.5. The van der Waals surface area contributed by atoms with Crippen LogP contribution in [0.25, 0.3) is 0 Å². The average Bonchev–Trinajstić information content (AvgIpc) is 3.78. The number of carbonyl (C=O) groups is 6. The van der Waals surface area contributed by atoms with E-state index in [1.54, 1.807) is 4.28 Å². The van der Waals surface area contributed by atoms with Gasteiger partial charge in [0.2, 0.25) is 35.4 Å². The van der Waals surface area contributed by atoms with E-state index in [-0.39, 0.29) is 72.7 Å². The molecule has 0 saturated carbocycles. The summed E-state index contributed by atoms with van der Waals surface area (Å²) in [5, 5.41) is 0. The number of rotatable bonds is 38. The number of primary amides is 6. The molecule has 1 rings (SSSR count). The second-order valence-corrected chi connectivity index (χ2v) is 32.2. The topological polar surface area (TPSA) is 259 Å². The quantitative estimate of drug-likeness (QED) is 0.0375. The Morgan fingerprint density at radius 2 is 0.534 bits per heavy atom. The molecule has 0 unspecified atom stereocenters. The number of unbranched alkanes of at least 4 members (excludes halogenated alkanes) is 24. The van der Waals surface area contributed by atoms with E-state index in [0.29, 0.717) is 54.1 Å². The molecule has 0 bridgehead atoms. The fourth-order valence-electron chi connectivity index (χ4n) is 6.37. The van der Waals surface area contributed by atoms with Gasteiger partial charge in [-0.05, 0) is 38.5 Å². The maximum absolute atomic E-state index is 10.3. The molecular formula is C56H116Cl3N6O6SiV. The molecule has 12 N–H and O–H groups in total. The third kappa shape index (κ3) is 120. The van der Waals surface area contributed by atoms with E-state index in [4.69, 9.17) is 34.4 Å². The molecule has 17 heteroatoms. The average molecular weight is 1150 g/mol. The van der Waals surface area contributed by atoms with Crippen LogP contribution in [0.3, 0.4) is 0 Å². The van der Waals surface area contributed by atoms with Gasteiger partial charge in [0, 0.05) is 38.5 Å². The summed E-state index contributed by atoms with van der Waals surface area (Å²) in [6.45, 7) is 20.4. The van der Waals surface area contributed by atoms with Crippen molar-refractivity contribution in [2.75, 3.05) is 0 Å². The van der Waals surface area contributed by atoms with Gasteiger partial charge in [0.25, 0.3) is 0 Å². The van der Waals surface area contributed by atoms with E-state index < -0.39 is 6.45 Å². The Morgan fingerprint density at radius 1 is 0.356 bits per heavy atom. The van der Waals surface area contributed by atoms with Crippen molar-refractivity contribution < 1.29 is 81.6 Å². The molecule has 0 heterocycles. The molecule has 0 aromatic rings. The number of halogens is 3. The molecule has 12 nitrogen and oxygen atoms in total. The summed E-state index contributed by atoms with van der Waals surface area (Å²) >= 11 is 0.557. The zero-order chi connectivity index (χ0) is 54.5. The van der Waals surface area contributed by atoms with E-state index in [1.807, 2.05) is 0 Å². The molecule has 0 radical (unpaired) electrons. The predicted octanol–water partition coefficient (Wildman–Crippen LogP) is 4.75. The van der Waals surface area contributed by atoms with E-state index in [1.165, 1.54) is 122 Å². The Labute approximate surface area is 476 Å². The van der Waals surface area contributed by atoms with Gasteiger partial charge in [-0.3, -0.25) is 28.8 Å². The van der Waals surface area contributed by atoms with Crippen molar-refractivity contribution in [3.05, 3.63) is 22.5 Å². The maximum atomic E-state index is 10.3. The third-order valence-electron chi connectivity index (χ3n) is 10.4. The number of amides is 6. The first kappa shape index (κ1) is 90.5. The number of nitrogens with two attached hydrogens (primary N) is 6. The Hall–Kier alpha value is -2.03. The van der Waals surface area contributed by atoms with Crippen LogP contribution in [-0.2, 0) is 44.4 Å². The van der Waals surface area contributed by atoms with Crippen molar-refractivity contribution in [1.82, 2.24) is 0 Å². The second-order valence-electron chi connectivity index (χ2n) is 19.4. The van der Waals surface area contributed by atoms with Gasteiger partial charge in [-0.15, -0.1) is 0 Å². The summed E-state index contributed by atoms with van der Waals surface area (Å²) in [7, 11) is 0. The summed E-state index contributed by atoms with van der Waals surface area (Å²) in [4.78, 5) is 61.5. The molecule has 0 spiro atoms. The first-order valence-corrected chi connectivity index (χ1v) is 34.2. The minimum Gasteiger partial charge on any atom is -1.00 e. The fraction of sp³-hybridized carbons (Fsp3) is 0.821. The van der Waals surface area contributed by atoms with E-state index in [9.17, 15) is 28.8 Å². The Morgan fingerprint density at radius 3 is 0.658 bits per heavy atom. The van der Waals surface area contributed by atoms with Crippen molar-refractivity contribution in [2.45, 2.75) is 299 Å². The van der Waals surface area contributed by atoms with Gasteiger partial charge >= 0.3 is 70.6 Å². The molecule has 73 heavy (non-hydrogen) atoms. The maximum Gasteiger partial charge on any atom is -1.00 e. The molecule has 1 aliphatic rings. The Bertz CT molecular complexity index is 1080. The van der Waals surface area contributed by atoms with E-state index in [2.05, 4.69) is 79.4 Å². The molecule has 0 saturated heterocycles. The number of hydrogen-bond acceptors (Lipinski definition) is 6. The SMILES string of the molecule is CCCCCCCC(N)=O.CCCCCCCC(N)=O.CCCCCCCC(N)=O.CCCCCCCC(N)=O.CCCCCCCC(N)=O.CCCCCCCC(N)=O.C[Si](C)(C)[V+3][C]1=CC=CC1.[Cl-].[Cl-].[Cl-]. The van der Waals surface area contributed by atoms with E-state index >= 15 is 0 Å². The van der Waals surface area contributed by atoms with Crippen LogP contribution in [0.4, 0.5) is 0 Å². The minimum absolute atomic E-state index is 0. The summed E-state index contributed by atoms with van der Waals surface area (Å²) < 4.78 is 1.73. The number of carbonyl (C=O) groups excluding carboxylic acids is 6. The Kier molecular flexibility index (Phi) is 94.8. The van der Waals surface area contributed by atoms with Crippen LogP contribution in [0.5, 0.6) is 0 Å². The van der Waals surface area contributed by atoms with Crippen molar-refractivity contribution in [1.29, 1.82) is 0 Å². The predicted molar refractivity (Wildman–Crippen MR) is 301 cm³/mol. The normalized spacial score (nSPS) is 10.3. The van der Waals surface area contributed by atoms with Crippen molar-refractivity contribution in [3.8, 4) is 0 Å². The van der Waals surface area contributed by atoms with Crippen LogP contribution < -0.4 is 71.6 Å². The van der Waals surface area contributed by atoms with Gasteiger partial charge in [-0.2, -0.15) is 0 Å². The molecule has 6 amide bonds. The number of allylic oxidation sites excluding steroid dienone is 4. The molecule has 1 aliphatic carbocycles. The summed E-state index contributed by atoms with van der Waals surface area (Å²) in [6, 6.07) is 0. The largest absolute Gasteiger partial charge is 1.00 e. The van der Waals surface area contributed by atoms with Gasteiger partial charge in [0.1, 0.15) is 0 Å². The van der Waals surface area contributed by atoms with Gasteiger partial charge in [0.15, 0.2) is 0 Å². The van der Waals surface area contributed by atoms with Crippen LogP contribution >= 0.6 is 0 Å². The van der Waals surface area contributed by atoms with Gasteiger partial charge in [-0.1, -0.05) is 196 Å². The number of hydrogen-bond donors (Lipinski definition) is 6. The van der Waals surface area contributed by atoms with Crippen LogP contribution in [0.15, 0.2) is 22.5 Å². The summed E-state index contributed by atoms with van der Waals surface area (Å²) in [6.07, 6.45) is 45.9. The van der Waals surface area contributed by atoms with Crippen molar-refractivity contribution in [3.63, 3.8) is 0 Å². The Balaban J connectivity index is -0.0000000929. The molecule has 436 valence electrons. The van der Waals surface area contributed by atoms with Crippen LogP contribution in [-0.4, -0.2) is 41.9 Å². The van der Waals surface area contributed by atoms with Crippen molar-refractivity contribution in [2.24, 2.45) is 34.4 Å². The standard InChI is InChI=1S/6C8H17NO.C5H5.C3H9Si.3ClH.V/c6*1-2-3-4-5-6-7-8(9)10;1-2-4-5-3-1;1-4(2)3;;;;/h6*2-7H2,1H3,(H2,9,10);1-3H,4H2;1-3H3;3*1H;/q;;;;;;;;;;;+3/p-3. The monoisotopic (exact) mass is 1150 g/mol. The van der Waals surface area contributed by atoms with Crippen LogP contribution in [0.2, 0.25) is 19.6 Å². The second kappa shape index (κ2) is 76.5. The molecular weight excluding hydrogens is 1040 g/mol. The first-order valence-electron chi connectivity index (χ1n) is 28.0. The third-order valence-corrected chi connectivity index (χ3v) is 16.4. The molecule has 0 aromatic carbocycles.